The summed E-state index contributed by atoms with van der Waals surface area (Å²) in [5.41, 5.74) is 2.48. The summed E-state index contributed by atoms with van der Waals surface area (Å²) in [5.74, 6) is 2.05. The number of aliphatic imine (C=N–C) groups is 1. The largest absolute Gasteiger partial charge is 0.367 e. The van der Waals surface area contributed by atoms with Crippen molar-refractivity contribution in [3.8, 4) is 0 Å². The van der Waals surface area contributed by atoms with E-state index in [2.05, 4.69) is 20.5 Å². The highest BCUT2D eigenvalue weighted by atomic mass is 16.2. The van der Waals surface area contributed by atoms with Crippen LogP contribution in [0.25, 0.3) is 0 Å². The van der Waals surface area contributed by atoms with Crippen LogP contribution in [0.2, 0.25) is 0 Å². The van der Waals surface area contributed by atoms with Gasteiger partial charge in [0.25, 0.3) is 5.91 Å². The Balaban J connectivity index is 1.54. The highest BCUT2D eigenvalue weighted by Gasteiger charge is 2.31. The lowest BCUT2D eigenvalue weighted by Crippen LogP contribution is -2.47. The molecular formula is C26H36N8O. The van der Waals surface area contributed by atoms with Crippen LogP contribution in [-0.2, 0) is 0 Å². The molecule has 2 saturated heterocycles. The van der Waals surface area contributed by atoms with Crippen LogP contribution in [0.4, 0.5) is 5.82 Å². The number of rotatable bonds is 6. The predicted octanol–water partition coefficient (Wildman–Crippen LogP) is 3.76. The fourth-order valence-corrected chi connectivity index (χ4v) is 4.81. The van der Waals surface area contributed by atoms with Gasteiger partial charge in [-0.3, -0.25) is 4.79 Å². The third kappa shape index (κ3) is 5.61. The second kappa shape index (κ2) is 10.8. The van der Waals surface area contributed by atoms with Crippen molar-refractivity contribution >= 4 is 29.5 Å². The second-order valence-electron chi connectivity index (χ2n) is 9.70. The number of amidine groups is 1. The summed E-state index contributed by atoms with van der Waals surface area (Å²) >= 11 is 0. The van der Waals surface area contributed by atoms with E-state index in [1.165, 1.54) is 19.1 Å². The van der Waals surface area contributed by atoms with Gasteiger partial charge in [0.1, 0.15) is 17.5 Å². The minimum absolute atomic E-state index is 0.154. The van der Waals surface area contributed by atoms with Crippen LogP contribution >= 0.6 is 0 Å². The molecule has 9 nitrogen and oxygen atoms in total. The molecule has 0 radical (unpaired) electrons. The van der Waals surface area contributed by atoms with E-state index < -0.39 is 0 Å². The topological polar surface area (TPSA) is 121 Å². The van der Waals surface area contributed by atoms with E-state index in [0.717, 1.165) is 43.8 Å². The first-order valence-corrected chi connectivity index (χ1v) is 12.5. The maximum Gasteiger partial charge on any atom is 0.256 e. The standard InChI is InChI=1S/C26H36N8O/c1-17(2)31-24-19(14-27)12-20(16-30-24)26(35)34-11-5-4-8-22(34)21(28)13-23-29-15-18(3)25(32-23)33-9-6-7-10-33/h12-17,22,27-29H,4-11H2,1-3H3,(H,30,31)/b23-13+,27-14?,28-21?. The van der Waals surface area contributed by atoms with E-state index in [0.29, 0.717) is 35.0 Å². The quantitative estimate of drug-likeness (QED) is 0.466. The second-order valence-corrected chi connectivity index (χ2v) is 9.70. The van der Waals surface area contributed by atoms with Crippen molar-refractivity contribution in [2.45, 2.75) is 65.0 Å². The van der Waals surface area contributed by atoms with Gasteiger partial charge in [-0.1, -0.05) is 0 Å². The predicted molar refractivity (Wildman–Crippen MR) is 141 cm³/mol. The summed E-state index contributed by atoms with van der Waals surface area (Å²) in [4.78, 5) is 26.8. The summed E-state index contributed by atoms with van der Waals surface area (Å²) in [6.07, 6.45) is 11.5. The Morgan fingerprint density at radius 3 is 2.69 bits per heavy atom. The maximum absolute atomic E-state index is 13.5. The Bertz CT molecular complexity index is 1080. The molecule has 1 unspecified atom stereocenters. The number of likely N-dealkylation sites (tertiary alicyclic amines) is 2. The van der Waals surface area contributed by atoms with Gasteiger partial charge in [0.05, 0.1) is 17.3 Å². The van der Waals surface area contributed by atoms with Crippen molar-refractivity contribution in [3.05, 3.63) is 47.1 Å². The molecule has 4 rings (SSSR count). The molecule has 3 aliphatic rings. The third-order valence-corrected chi connectivity index (χ3v) is 6.58. The van der Waals surface area contributed by atoms with Crippen molar-refractivity contribution in [2.75, 3.05) is 25.0 Å². The van der Waals surface area contributed by atoms with Crippen LogP contribution < -0.4 is 10.6 Å². The molecule has 3 aliphatic heterocycles. The molecule has 0 aromatic carbocycles. The van der Waals surface area contributed by atoms with E-state index in [9.17, 15) is 4.79 Å². The van der Waals surface area contributed by atoms with Gasteiger partial charge in [0.2, 0.25) is 0 Å². The summed E-state index contributed by atoms with van der Waals surface area (Å²) in [6.45, 7) is 8.67. The first-order chi connectivity index (χ1) is 16.9. The van der Waals surface area contributed by atoms with Gasteiger partial charge < -0.3 is 31.3 Å². The number of piperidine rings is 1. The number of carbonyl (C=O) groups excluding carboxylic acids is 1. The van der Waals surface area contributed by atoms with E-state index >= 15 is 0 Å². The Hall–Kier alpha value is -3.49. The molecule has 0 aliphatic carbocycles. The minimum Gasteiger partial charge on any atom is -0.367 e. The average molecular weight is 477 g/mol. The third-order valence-electron chi connectivity index (χ3n) is 6.58. The molecule has 1 aromatic rings. The van der Waals surface area contributed by atoms with E-state index in [1.807, 2.05) is 27.0 Å². The molecule has 9 heteroatoms. The number of nitrogens with one attached hydrogen (secondary N) is 4. The van der Waals surface area contributed by atoms with Gasteiger partial charge in [-0.2, -0.15) is 0 Å². The van der Waals surface area contributed by atoms with E-state index in [-0.39, 0.29) is 18.0 Å². The van der Waals surface area contributed by atoms with Crippen molar-refractivity contribution in [1.29, 1.82) is 10.8 Å². The van der Waals surface area contributed by atoms with Crippen LogP contribution in [-0.4, -0.2) is 70.2 Å². The number of nitrogens with zero attached hydrogens (tertiary/aromatic N) is 4. The van der Waals surface area contributed by atoms with Crippen LogP contribution in [0.5, 0.6) is 0 Å². The Morgan fingerprint density at radius 1 is 1.23 bits per heavy atom. The zero-order valence-corrected chi connectivity index (χ0v) is 20.9. The molecule has 1 amide bonds. The van der Waals surface area contributed by atoms with Crippen LogP contribution in [0.1, 0.15) is 68.8 Å². The molecule has 1 aromatic heterocycles. The summed E-state index contributed by atoms with van der Waals surface area (Å²) in [6, 6.07) is 1.56. The molecule has 1 atom stereocenters. The molecule has 0 bridgehead atoms. The van der Waals surface area contributed by atoms with Gasteiger partial charge >= 0.3 is 0 Å². The maximum atomic E-state index is 13.5. The monoisotopic (exact) mass is 476 g/mol. The zero-order chi connectivity index (χ0) is 24.9. The van der Waals surface area contributed by atoms with Crippen molar-refractivity contribution in [2.24, 2.45) is 4.99 Å². The fourth-order valence-electron chi connectivity index (χ4n) is 4.81. The number of pyridine rings is 1. The van der Waals surface area contributed by atoms with Gasteiger partial charge in [0.15, 0.2) is 0 Å². The molecule has 186 valence electrons. The number of hydrogen-bond acceptors (Lipinski definition) is 8. The van der Waals surface area contributed by atoms with Crippen molar-refractivity contribution < 1.29 is 4.79 Å². The molecule has 35 heavy (non-hydrogen) atoms. The Labute approximate surface area is 207 Å². The number of hydrogen-bond donors (Lipinski definition) is 4. The van der Waals surface area contributed by atoms with Gasteiger partial charge in [-0.05, 0) is 58.9 Å². The van der Waals surface area contributed by atoms with E-state index in [1.54, 1.807) is 23.2 Å². The smallest absolute Gasteiger partial charge is 0.256 e. The molecule has 0 saturated carbocycles. The molecule has 2 fully saturated rings. The van der Waals surface area contributed by atoms with Gasteiger partial charge in [-0.25, -0.2) is 9.98 Å². The summed E-state index contributed by atoms with van der Waals surface area (Å²) < 4.78 is 0. The first-order valence-electron chi connectivity index (χ1n) is 12.5. The number of carbonyl (C=O) groups is 1. The zero-order valence-electron chi connectivity index (χ0n) is 20.9. The molecular weight excluding hydrogens is 440 g/mol. The Kier molecular flexibility index (Phi) is 7.63. The Morgan fingerprint density at radius 2 is 1.97 bits per heavy atom. The van der Waals surface area contributed by atoms with Gasteiger partial charge in [0, 0.05) is 61.5 Å². The summed E-state index contributed by atoms with van der Waals surface area (Å²) in [5, 5.41) is 23.0. The molecule has 4 heterocycles. The highest BCUT2D eigenvalue weighted by molar-refractivity contribution is 6.04. The lowest BCUT2D eigenvalue weighted by atomic mass is 9.96. The fraction of sp³-hybridized carbons (Fsp3) is 0.500. The van der Waals surface area contributed by atoms with Gasteiger partial charge in [-0.15, -0.1) is 0 Å². The average Bonchev–Trinajstić information content (AvgIpc) is 3.39. The van der Waals surface area contributed by atoms with Crippen LogP contribution in [0.3, 0.4) is 0 Å². The number of aromatic nitrogens is 1. The lowest BCUT2D eigenvalue weighted by Gasteiger charge is -2.35. The first kappa shape index (κ1) is 24.6. The SMILES string of the molecule is CC1=CN/C(=C\C(=N)C2CCCCN2C(=O)c2cnc(NC(C)C)c(C=N)c2)N=C1N1CCCC1. The normalized spacial score (nSPS) is 21.5. The lowest BCUT2D eigenvalue weighted by molar-refractivity contribution is 0.0680. The number of amides is 1. The highest BCUT2D eigenvalue weighted by Crippen LogP contribution is 2.24. The van der Waals surface area contributed by atoms with Crippen molar-refractivity contribution in [1.82, 2.24) is 20.1 Å². The van der Waals surface area contributed by atoms with Crippen LogP contribution in [0.15, 0.2) is 40.9 Å². The minimum atomic E-state index is -0.320. The van der Waals surface area contributed by atoms with Crippen LogP contribution in [0, 0.1) is 10.8 Å². The molecule has 0 spiro atoms. The molecule has 4 N–H and O–H groups in total. The van der Waals surface area contributed by atoms with E-state index in [4.69, 9.17) is 15.8 Å². The number of anilines is 1. The van der Waals surface area contributed by atoms with Crippen molar-refractivity contribution in [3.63, 3.8) is 0 Å². The summed E-state index contributed by atoms with van der Waals surface area (Å²) in [7, 11) is 0.